The van der Waals surface area contributed by atoms with Gasteiger partial charge in [-0.1, -0.05) is 24.6 Å². The number of aromatic nitrogens is 2. The molecule has 0 fully saturated rings. The van der Waals surface area contributed by atoms with Gasteiger partial charge in [-0.25, -0.2) is 14.4 Å². The molecule has 2 rings (SSSR count). The predicted octanol–water partition coefficient (Wildman–Crippen LogP) is 3.93. The number of hydrogen-bond donors (Lipinski definition) is 1. The van der Waals surface area contributed by atoms with Crippen LogP contribution in [-0.2, 0) is 6.42 Å². The Morgan fingerprint density at radius 2 is 2.05 bits per heavy atom. The van der Waals surface area contributed by atoms with Crippen LogP contribution in [0.25, 0.3) is 11.4 Å². The van der Waals surface area contributed by atoms with E-state index in [9.17, 15) is 4.39 Å². The van der Waals surface area contributed by atoms with Gasteiger partial charge in [0.15, 0.2) is 11.6 Å². The number of halogens is 2. The maximum atomic E-state index is 14.0. The molecule has 5 heteroatoms. The minimum absolute atomic E-state index is 0.0769. The van der Waals surface area contributed by atoms with Gasteiger partial charge in [-0.15, -0.1) is 0 Å². The topological polar surface area (TPSA) is 37.8 Å². The minimum Gasteiger partial charge on any atom is -0.370 e. The number of benzene rings is 1. The molecule has 0 saturated heterocycles. The minimum atomic E-state index is -0.486. The van der Waals surface area contributed by atoms with Crippen molar-refractivity contribution in [3.63, 3.8) is 0 Å². The molecule has 19 heavy (non-hydrogen) atoms. The predicted molar refractivity (Wildman–Crippen MR) is 76.0 cm³/mol. The van der Waals surface area contributed by atoms with E-state index in [1.54, 1.807) is 12.1 Å². The lowest BCUT2D eigenvalue weighted by Gasteiger charge is -2.09. The van der Waals surface area contributed by atoms with E-state index < -0.39 is 5.82 Å². The van der Waals surface area contributed by atoms with Crippen LogP contribution in [0.15, 0.2) is 24.3 Å². The summed E-state index contributed by atoms with van der Waals surface area (Å²) < 4.78 is 14.0. The maximum Gasteiger partial charge on any atom is 0.164 e. The number of hydrogen-bond acceptors (Lipinski definition) is 3. The van der Waals surface area contributed by atoms with Crippen molar-refractivity contribution in [2.75, 3.05) is 11.9 Å². The average Bonchev–Trinajstić information content (AvgIpc) is 2.42. The molecule has 0 bridgehead atoms. The Bertz CT molecular complexity index is 587. The molecule has 0 aliphatic carbocycles. The highest BCUT2D eigenvalue weighted by atomic mass is 35.5. The standard InChI is InChI=1S/C14H15ClFN3/c1-3-9-8-12(17-4-2)19-14(18-9)10-6-5-7-11(15)13(10)16/h5-8H,3-4H2,1-2H3,(H,17,18,19). The zero-order valence-corrected chi connectivity index (χ0v) is 11.6. The van der Waals surface area contributed by atoms with Crippen molar-refractivity contribution in [1.29, 1.82) is 0 Å². The van der Waals surface area contributed by atoms with Crippen LogP contribution < -0.4 is 5.32 Å². The molecule has 0 aliphatic rings. The van der Waals surface area contributed by atoms with Crippen LogP contribution in [0.3, 0.4) is 0 Å². The molecule has 0 atom stereocenters. The molecule has 0 aliphatic heterocycles. The lowest BCUT2D eigenvalue weighted by atomic mass is 10.2. The van der Waals surface area contributed by atoms with E-state index in [2.05, 4.69) is 15.3 Å². The molecular formula is C14H15ClFN3. The maximum absolute atomic E-state index is 14.0. The largest absolute Gasteiger partial charge is 0.370 e. The molecule has 0 amide bonds. The lowest BCUT2D eigenvalue weighted by molar-refractivity contribution is 0.630. The molecule has 0 spiro atoms. The van der Waals surface area contributed by atoms with E-state index in [4.69, 9.17) is 11.6 Å². The van der Waals surface area contributed by atoms with Gasteiger partial charge in [-0.05, 0) is 25.5 Å². The van der Waals surface area contributed by atoms with Crippen LogP contribution >= 0.6 is 11.6 Å². The molecule has 0 unspecified atom stereocenters. The Balaban J connectivity index is 2.54. The van der Waals surface area contributed by atoms with Crippen molar-refractivity contribution in [3.8, 4) is 11.4 Å². The highest BCUT2D eigenvalue weighted by molar-refractivity contribution is 6.31. The fourth-order valence-electron chi connectivity index (χ4n) is 1.75. The van der Waals surface area contributed by atoms with Gasteiger partial charge in [0, 0.05) is 18.3 Å². The van der Waals surface area contributed by atoms with Gasteiger partial charge in [0.1, 0.15) is 5.82 Å². The third kappa shape index (κ3) is 3.01. The van der Waals surface area contributed by atoms with Gasteiger partial charge in [0.25, 0.3) is 0 Å². The normalized spacial score (nSPS) is 10.5. The van der Waals surface area contributed by atoms with Crippen LogP contribution in [-0.4, -0.2) is 16.5 Å². The van der Waals surface area contributed by atoms with Crippen LogP contribution in [0.5, 0.6) is 0 Å². The summed E-state index contributed by atoms with van der Waals surface area (Å²) in [6.07, 6.45) is 0.760. The zero-order chi connectivity index (χ0) is 13.8. The summed E-state index contributed by atoms with van der Waals surface area (Å²) >= 11 is 5.79. The van der Waals surface area contributed by atoms with E-state index in [0.29, 0.717) is 17.2 Å². The molecule has 1 heterocycles. The molecule has 3 nitrogen and oxygen atoms in total. The Kier molecular flexibility index (Phi) is 4.32. The second-order valence-corrected chi connectivity index (χ2v) is 4.46. The smallest absolute Gasteiger partial charge is 0.164 e. The van der Waals surface area contributed by atoms with Crippen molar-refractivity contribution in [2.45, 2.75) is 20.3 Å². The fourth-order valence-corrected chi connectivity index (χ4v) is 1.92. The number of nitrogens with one attached hydrogen (secondary N) is 1. The summed E-state index contributed by atoms with van der Waals surface area (Å²) in [5, 5.41) is 3.20. The summed E-state index contributed by atoms with van der Waals surface area (Å²) in [5.74, 6) is 0.568. The van der Waals surface area contributed by atoms with E-state index in [0.717, 1.165) is 18.7 Å². The second-order valence-electron chi connectivity index (χ2n) is 4.05. The summed E-state index contributed by atoms with van der Waals surface area (Å²) in [7, 11) is 0. The number of aryl methyl sites for hydroxylation is 1. The van der Waals surface area contributed by atoms with Crippen molar-refractivity contribution in [2.24, 2.45) is 0 Å². The van der Waals surface area contributed by atoms with Gasteiger partial charge in [0.2, 0.25) is 0 Å². The summed E-state index contributed by atoms with van der Waals surface area (Å²) in [4.78, 5) is 8.68. The molecule has 100 valence electrons. The summed E-state index contributed by atoms with van der Waals surface area (Å²) in [5.41, 5.74) is 1.18. The third-order valence-electron chi connectivity index (χ3n) is 2.69. The van der Waals surface area contributed by atoms with Crippen LogP contribution in [0.1, 0.15) is 19.5 Å². The van der Waals surface area contributed by atoms with Crippen molar-refractivity contribution >= 4 is 17.4 Å². The number of nitrogens with zero attached hydrogens (tertiary/aromatic N) is 2. The highest BCUT2D eigenvalue weighted by Crippen LogP contribution is 2.26. The first-order valence-electron chi connectivity index (χ1n) is 6.22. The average molecular weight is 280 g/mol. The molecule has 1 aromatic carbocycles. The Morgan fingerprint density at radius 3 is 2.74 bits per heavy atom. The molecule has 2 aromatic rings. The Morgan fingerprint density at radius 1 is 1.26 bits per heavy atom. The fraction of sp³-hybridized carbons (Fsp3) is 0.286. The van der Waals surface area contributed by atoms with Crippen molar-refractivity contribution in [3.05, 3.63) is 40.8 Å². The first kappa shape index (κ1) is 13.7. The Labute approximate surface area is 116 Å². The van der Waals surface area contributed by atoms with E-state index in [1.165, 1.54) is 6.07 Å². The quantitative estimate of drug-likeness (QED) is 0.921. The van der Waals surface area contributed by atoms with Gasteiger partial charge >= 0.3 is 0 Å². The number of anilines is 1. The van der Waals surface area contributed by atoms with E-state index in [-0.39, 0.29) is 5.02 Å². The summed E-state index contributed by atoms with van der Waals surface area (Å²) in [6, 6.07) is 6.70. The van der Waals surface area contributed by atoms with E-state index in [1.807, 2.05) is 19.9 Å². The van der Waals surface area contributed by atoms with Crippen molar-refractivity contribution < 1.29 is 4.39 Å². The molecule has 0 saturated carbocycles. The second kappa shape index (κ2) is 5.97. The lowest BCUT2D eigenvalue weighted by Crippen LogP contribution is -2.04. The third-order valence-corrected chi connectivity index (χ3v) is 2.98. The first-order chi connectivity index (χ1) is 9.15. The molecule has 1 N–H and O–H groups in total. The Hall–Kier alpha value is -1.68. The molecule has 1 aromatic heterocycles. The molecular weight excluding hydrogens is 265 g/mol. The first-order valence-corrected chi connectivity index (χ1v) is 6.59. The van der Waals surface area contributed by atoms with Crippen LogP contribution in [0.2, 0.25) is 5.02 Å². The van der Waals surface area contributed by atoms with Crippen LogP contribution in [0.4, 0.5) is 10.2 Å². The van der Waals surface area contributed by atoms with E-state index >= 15 is 0 Å². The van der Waals surface area contributed by atoms with Gasteiger partial charge < -0.3 is 5.32 Å². The summed E-state index contributed by atoms with van der Waals surface area (Å²) in [6.45, 7) is 4.72. The molecule has 0 radical (unpaired) electrons. The SMILES string of the molecule is CCNc1cc(CC)nc(-c2cccc(Cl)c2F)n1. The zero-order valence-electron chi connectivity index (χ0n) is 10.9. The number of rotatable bonds is 4. The van der Waals surface area contributed by atoms with Gasteiger partial charge in [-0.3, -0.25) is 0 Å². The highest BCUT2D eigenvalue weighted by Gasteiger charge is 2.12. The van der Waals surface area contributed by atoms with Crippen molar-refractivity contribution in [1.82, 2.24) is 9.97 Å². The van der Waals surface area contributed by atoms with Gasteiger partial charge in [-0.2, -0.15) is 0 Å². The monoisotopic (exact) mass is 279 g/mol. The van der Waals surface area contributed by atoms with Gasteiger partial charge in [0.05, 0.1) is 10.6 Å². The van der Waals surface area contributed by atoms with Crippen LogP contribution in [0, 0.1) is 5.82 Å².